The zero-order chi connectivity index (χ0) is 19.9. The van der Waals surface area contributed by atoms with Crippen molar-refractivity contribution in [2.75, 3.05) is 26.9 Å². The maximum absolute atomic E-state index is 12.2. The lowest BCUT2D eigenvalue weighted by atomic mass is 10.2. The van der Waals surface area contributed by atoms with Crippen LogP contribution in [-0.2, 0) is 4.79 Å². The van der Waals surface area contributed by atoms with Crippen LogP contribution in [0.5, 0.6) is 17.2 Å². The van der Waals surface area contributed by atoms with E-state index in [9.17, 15) is 4.79 Å². The summed E-state index contributed by atoms with van der Waals surface area (Å²) in [6.07, 6.45) is 1.85. The number of nitrogens with zero attached hydrogens (tertiary/aromatic N) is 1. The average molecular weight is 416 g/mol. The molecule has 1 fully saturated rings. The second-order valence-electron chi connectivity index (χ2n) is 5.87. The third-order valence-corrected chi connectivity index (χ3v) is 5.43. The second kappa shape index (κ2) is 9.61. The van der Waals surface area contributed by atoms with E-state index in [-0.39, 0.29) is 5.91 Å². The Morgan fingerprint density at radius 1 is 0.964 bits per heavy atom. The minimum Gasteiger partial charge on any atom is -0.497 e. The fraction of sp³-hybridized carbons (Fsp3) is 0.238. The summed E-state index contributed by atoms with van der Waals surface area (Å²) in [5, 5.41) is 0. The van der Waals surface area contributed by atoms with Crippen molar-refractivity contribution in [3.63, 3.8) is 0 Å². The summed E-state index contributed by atoms with van der Waals surface area (Å²) in [5.74, 6) is 2.27. The number of thioether (sulfide) groups is 1. The Morgan fingerprint density at radius 2 is 1.50 bits per heavy atom. The normalized spacial score (nSPS) is 15.2. The number of hydrogen-bond donors (Lipinski definition) is 0. The standard InChI is InChI=1S/C21H21NO4S2/c1-3-22-20(23)19(28-21(22)27)14-15-4-6-17(7-5-15)25-12-13-26-18-10-8-16(24-2)9-11-18/h4-11,14H,3,12-13H2,1-2H3. The zero-order valence-electron chi connectivity index (χ0n) is 15.7. The van der Waals surface area contributed by atoms with Gasteiger partial charge in [-0.05, 0) is 55.0 Å². The number of carbonyl (C=O) groups is 1. The maximum Gasteiger partial charge on any atom is 0.266 e. The topological polar surface area (TPSA) is 48.0 Å². The number of benzene rings is 2. The summed E-state index contributed by atoms with van der Waals surface area (Å²) >= 11 is 6.56. The SMILES string of the molecule is CCN1C(=O)C(=Cc2ccc(OCCOc3ccc(OC)cc3)cc2)SC1=S. The van der Waals surface area contributed by atoms with E-state index >= 15 is 0 Å². The van der Waals surface area contributed by atoms with E-state index in [0.717, 1.165) is 22.8 Å². The number of ether oxygens (including phenoxy) is 3. The van der Waals surface area contributed by atoms with Crippen LogP contribution >= 0.6 is 24.0 Å². The predicted molar refractivity (Wildman–Crippen MR) is 116 cm³/mol. The van der Waals surface area contributed by atoms with Gasteiger partial charge in [-0.15, -0.1) is 0 Å². The lowest BCUT2D eigenvalue weighted by molar-refractivity contribution is -0.121. The van der Waals surface area contributed by atoms with Crippen molar-refractivity contribution in [1.82, 2.24) is 4.90 Å². The molecule has 1 amide bonds. The minimum absolute atomic E-state index is 0.0338. The first-order valence-electron chi connectivity index (χ1n) is 8.86. The number of rotatable bonds is 8. The van der Waals surface area contributed by atoms with Gasteiger partial charge < -0.3 is 14.2 Å². The molecule has 1 aliphatic rings. The van der Waals surface area contributed by atoms with Crippen LogP contribution in [0, 0.1) is 0 Å². The number of hydrogen-bond acceptors (Lipinski definition) is 6. The smallest absolute Gasteiger partial charge is 0.266 e. The molecule has 0 aromatic heterocycles. The van der Waals surface area contributed by atoms with Crippen LogP contribution < -0.4 is 14.2 Å². The van der Waals surface area contributed by atoms with Gasteiger partial charge in [0.05, 0.1) is 12.0 Å². The molecule has 0 atom stereocenters. The summed E-state index contributed by atoms with van der Waals surface area (Å²) < 4.78 is 17.1. The van der Waals surface area contributed by atoms with Crippen molar-refractivity contribution in [3.05, 3.63) is 59.0 Å². The summed E-state index contributed by atoms with van der Waals surface area (Å²) in [6.45, 7) is 3.37. The number of amides is 1. The fourth-order valence-corrected chi connectivity index (χ4v) is 3.96. The van der Waals surface area contributed by atoms with E-state index in [1.165, 1.54) is 11.8 Å². The highest BCUT2D eigenvalue weighted by molar-refractivity contribution is 8.26. The largest absolute Gasteiger partial charge is 0.497 e. The molecule has 1 saturated heterocycles. The lowest BCUT2D eigenvalue weighted by Crippen LogP contribution is -2.27. The molecule has 0 radical (unpaired) electrons. The maximum atomic E-state index is 12.2. The van der Waals surface area contributed by atoms with E-state index in [0.29, 0.717) is 29.0 Å². The minimum atomic E-state index is -0.0338. The fourth-order valence-electron chi connectivity index (χ4n) is 2.58. The van der Waals surface area contributed by atoms with Gasteiger partial charge in [-0.3, -0.25) is 9.69 Å². The quantitative estimate of drug-likeness (QED) is 0.362. The first kappa shape index (κ1) is 20.2. The van der Waals surface area contributed by atoms with E-state index in [1.807, 2.05) is 61.5 Å². The lowest BCUT2D eigenvalue weighted by Gasteiger charge is -2.09. The Labute approximate surface area is 174 Å². The molecule has 2 aromatic carbocycles. The number of carbonyl (C=O) groups excluding carboxylic acids is 1. The van der Waals surface area contributed by atoms with Gasteiger partial charge >= 0.3 is 0 Å². The molecule has 0 N–H and O–H groups in total. The van der Waals surface area contributed by atoms with Gasteiger partial charge in [0.1, 0.15) is 34.8 Å². The number of likely N-dealkylation sites (N-methyl/N-ethyl adjacent to an activating group) is 1. The summed E-state index contributed by atoms with van der Waals surface area (Å²) in [6, 6.07) is 15.0. The van der Waals surface area contributed by atoms with Crippen molar-refractivity contribution in [1.29, 1.82) is 0 Å². The summed E-state index contributed by atoms with van der Waals surface area (Å²) in [4.78, 5) is 14.5. The Balaban J connectivity index is 1.48. The van der Waals surface area contributed by atoms with Gasteiger partial charge in [0.2, 0.25) is 0 Å². The Morgan fingerprint density at radius 3 is 2.00 bits per heavy atom. The Kier molecular flexibility index (Phi) is 6.95. The van der Waals surface area contributed by atoms with Crippen LogP contribution in [0.4, 0.5) is 0 Å². The van der Waals surface area contributed by atoms with Crippen molar-refractivity contribution in [2.45, 2.75) is 6.92 Å². The van der Waals surface area contributed by atoms with Crippen LogP contribution in [0.25, 0.3) is 6.08 Å². The third-order valence-electron chi connectivity index (χ3n) is 4.05. The highest BCUT2D eigenvalue weighted by atomic mass is 32.2. The molecule has 3 rings (SSSR count). The van der Waals surface area contributed by atoms with E-state index in [2.05, 4.69) is 0 Å². The van der Waals surface area contributed by atoms with Crippen LogP contribution in [0.15, 0.2) is 53.4 Å². The summed E-state index contributed by atoms with van der Waals surface area (Å²) in [5.41, 5.74) is 0.929. The first-order chi connectivity index (χ1) is 13.6. The summed E-state index contributed by atoms with van der Waals surface area (Å²) in [7, 11) is 1.63. The second-order valence-corrected chi connectivity index (χ2v) is 7.54. The van der Waals surface area contributed by atoms with Crippen LogP contribution in [0.3, 0.4) is 0 Å². The molecule has 0 spiro atoms. The molecule has 5 nitrogen and oxygen atoms in total. The first-order valence-corrected chi connectivity index (χ1v) is 10.1. The van der Waals surface area contributed by atoms with Crippen LogP contribution in [-0.4, -0.2) is 42.0 Å². The van der Waals surface area contributed by atoms with Gasteiger partial charge in [-0.1, -0.05) is 36.1 Å². The number of methoxy groups -OCH3 is 1. The van der Waals surface area contributed by atoms with Gasteiger partial charge in [-0.25, -0.2) is 0 Å². The monoisotopic (exact) mass is 415 g/mol. The van der Waals surface area contributed by atoms with Crippen molar-refractivity contribution in [2.24, 2.45) is 0 Å². The molecule has 0 saturated carbocycles. The van der Waals surface area contributed by atoms with E-state index in [1.54, 1.807) is 12.0 Å². The molecule has 7 heteroatoms. The predicted octanol–water partition coefficient (Wildman–Crippen LogP) is 4.37. The van der Waals surface area contributed by atoms with Crippen LogP contribution in [0.2, 0.25) is 0 Å². The third kappa shape index (κ3) is 5.05. The van der Waals surface area contributed by atoms with Gasteiger partial charge in [-0.2, -0.15) is 0 Å². The number of thiocarbonyl (C=S) groups is 1. The molecular weight excluding hydrogens is 394 g/mol. The Hall–Kier alpha value is -2.51. The van der Waals surface area contributed by atoms with E-state index in [4.69, 9.17) is 26.4 Å². The molecule has 28 heavy (non-hydrogen) atoms. The molecule has 1 aliphatic heterocycles. The van der Waals surface area contributed by atoms with Crippen LogP contribution in [0.1, 0.15) is 12.5 Å². The van der Waals surface area contributed by atoms with Gasteiger partial charge in [0.25, 0.3) is 5.91 Å². The molecule has 2 aromatic rings. The molecular formula is C21H21NO4S2. The molecule has 1 heterocycles. The zero-order valence-corrected chi connectivity index (χ0v) is 17.3. The highest BCUT2D eigenvalue weighted by Gasteiger charge is 2.30. The molecule has 0 unspecified atom stereocenters. The van der Waals surface area contributed by atoms with Crippen molar-refractivity contribution < 1.29 is 19.0 Å². The van der Waals surface area contributed by atoms with Crippen molar-refractivity contribution in [3.8, 4) is 17.2 Å². The van der Waals surface area contributed by atoms with Gasteiger partial charge in [0.15, 0.2) is 0 Å². The van der Waals surface area contributed by atoms with Gasteiger partial charge in [0, 0.05) is 6.54 Å². The highest BCUT2D eigenvalue weighted by Crippen LogP contribution is 2.32. The molecule has 0 aliphatic carbocycles. The average Bonchev–Trinajstić information content (AvgIpc) is 2.99. The van der Waals surface area contributed by atoms with Crippen molar-refractivity contribution >= 4 is 40.3 Å². The van der Waals surface area contributed by atoms with E-state index < -0.39 is 0 Å². The molecule has 146 valence electrons. The Bertz CT molecular complexity index is 863. The molecule has 0 bridgehead atoms.